The Bertz CT molecular complexity index is 751. The molecular weight excluding hydrogens is 330 g/mol. The van der Waals surface area contributed by atoms with Crippen LogP contribution in [0.2, 0.25) is 0 Å². The van der Waals surface area contributed by atoms with E-state index in [1.807, 2.05) is 25.7 Å². The zero-order chi connectivity index (χ0) is 19.1. The van der Waals surface area contributed by atoms with Gasteiger partial charge in [0, 0.05) is 23.8 Å². The summed E-state index contributed by atoms with van der Waals surface area (Å²) in [6.07, 6.45) is 4.13. The van der Waals surface area contributed by atoms with Crippen LogP contribution < -0.4 is 5.32 Å². The minimum Gasteiger partial charge on any atom is -0.322 e. The van der Waals surface area contributed by atoms with E-state index < -0.39 is 5.54 Å². The van der Waals surface area contributed by atoms with Crippen molar-refractivity contribution in [3.63, 3.8) is 0 Å². The van der Waals surface area contributed by atoms with Gasteiger partial charge in [-0.05, 0) is 64.7 Å². The molecule has 6 heteroatoms. The van der Waals surface area contributed by atoms with Crippen LogP contribution >= 0.6 is 0 Å². The van der Waals surface area contributed by atoms with Gasteiger partial charge in [0.05, 0.1) is 11.1 Å². The van der Waals surface area contributed by atoms with Crippen molar-refractivity contribution >= 4 is 23.5 Å². The maximum absolute atomic E-state index is 12.7. The Labute approximate surface area is 154 Å². The molecule has 1 fully saturated rings. The third kappa shape index (κ3) is 3.20. The molecule has 4 amide bonds. The van der Waals surface area contributed by atoms with Gasteiger partial charge in [0.2, 0.25) is 0 Å². The number of nitrogens with one attached hydrogen (secondary N) is 1. The number of fused-ring (bicyclic) bond motifs is 1. The Morgan fingerprint density at radius 2 is 1.85 bits per heavy atom. The van der Waals surface area contributed by atoms with Gasteiger partial charge in [0.1, 0.15) is 0 Å². The molecule has 1 N–H and O–H groups in total. The lowest BCUT2D eigenvalue weighted by atomic mass is 10.0. The van der Waals surface area contributed by atoms with Gasteiger partial charge in [0.15, 0.2) is 0 Å². The van der Waals surface area contributed by atoms with Gasteiger partial charge in [-0.25, -0.2) is 4.79 Å². The van der Waals surface area contributed by atoms with Crippen LogP contribution in [0.15, 0.2) is 18.2 Å². The van der Waals surface area contributed by atoms with E-state index in [2.05, 4.69) is 12.2 Å². The lowest BCUT2D eigenvalue weighted by Gasteiger charge is -2.35. The van der Waals surface area contributed by atoms with Crippen molar-refractivity contribution in [2.75, 3.05) is 11.9 Å². The number of carbonyl (C=O) groups excluding carboxylic acids is 3. The number of benzene rings is 1. The summed E-state index contributed by atoms with van der Waals surface area (Å²) >= 11 is 0. The number of hydrogen-bond acceptors (Lipinski definition) is 3. The minimum atomic E-state index is -0.585. The van der Waals surface area contributed by atoms with Gasteiger partial charge in [-0.1, -0.05) is 6.92 Å². The summed E-state index contributed by atoms with van der Waals surface area (Å²) in [6, 6.07) is 5.06. The largest absolute Gasteiger partial charge is 0.322 e. The number of piperidine rings is 1. The third-order valence-electron chi connectivity index (χ3n) is 5.17. The molecule has 1 unspecified atom stereocenters. The standard InChI is InChI=1S/C20H27N3O3/c1-5-14-8-6-7-11-22(14)19(26)21-13-9-10-15-16(12-13)18(25)23(17(15)24)20(2,3)4/h9-10,12,14H,5-8,11H2,1-4H3,(H,21,26). The van der Waals surface area contributed by atoms with E-state index in [1.54, 1.807) is 18.2 Å². The predicted molar refractivity (Wildman–Crippen MR) is 100 cm³/mol. The molecule has 2 aliphatic rings. The van der Waals surface area contributed by atoms with E-state index >= 15 is 0 Å². The normalized spacial score (nSPS) is 20.4. The molecule has 1 saturated heterocycles. The molecule has 1 aromatic carbocycles. The van der Waals surface area contributed by atoms with Gasteiger partial charge < -0.3 is 10.2 Å². The van der Waals surface area contributed by atoms with Crippen molar-refractivity contribution in [3.05, 3.63) is 29.3 Å². The maximum Gasteiger partial charge on any atom is 0.322 e. The third-order valence-corrected chi connectivity index (χ3v) is 5.17. The second-order valence-corrected chi connectivity index (χ2v) is 8.06. The Morgan fingerprint density at radius 3 is 2.50 bits per heavy atom. The molecule has 0 radical (unpaired) electrons. The fourth-order valence-corrected chi connectivity index (χ4v) is 3.82. The smallest absolute Gasteiger partial charge is 0.322 e. The van der Waals surface area contributed by atoms with E-state index in [9.17, 15) is 14.4 Å². The number of imide groups is 1. The number of rotatable bonds is 2. The fraction of sp³-hybridized carbons (Fsp3) is 0.550. The first kappa shape index (κ1) is 18.4. The van der Waals surface area contributed by atoms with E-state index in [0.29, 0.717) is 16.8 Å². The van der Waals surface area contributed by atoms with Crippen LogP contribution in [0.1, 0.15) is 74.1 Å². The Kier molecular flexibility index (Phi) is 4.78. The average molecular weight is 357 g/mol. The van der Waals surface area contributed by atoms with Crippen LogP contribution in [-0.2, 0) is 0 Å². The maximum atomic E-state index is 12.7. The quantitative estimate of drug-likeness (QED) is 0.817. The van der Waals surface area contributed by atoms with Crippen molar-refractivity contribution in [2.45, 2.75) is 65.0 Å². The topological polar surface area (TPSA) is 69.7 Å². The van der Waals surface area contributed by atoms with Crippen LogP contribution in [0.4, 0.5) is 10.5 Å². The SMILES string of the molecule is CCC1CCCCN1C(=O)Nc1ccc2c(c1)C(=O)N(C(C)(C)C)C2=O. The summed E-state index contributed by atoms with van der Waals surface area (Å²) in [7, 11) is 0. The first-order valence-corrected chi connectivity index (χ1v) is 9.34. The summed E-state index contributed by atoms with van der Waals surface area (Å²) in [5, 5.41) is 2.90. The highest BCUT2D eigenvalue weighted by molar-refractivity contribution is 6.22. The monoisotopic (exact) mass is 357 g/mol. The molecule has 0 aromatic heterocycles. The second-order valence-electron chi connectivity index (χ2n) is 8.06. The van der Waals surface area contributed by atoms with Crippen LogP contribution in [-0.4, -0.2) is 45.8 Å². The van der Waals surface area contributed by atoms with E-state index in [0.717, 1.165) is 32.2 Å². The summed E-state index contributed by atoms with van der Waals surface area (Å²) in [5.74, 6) is -0.588. The molecule has 0 aliphatic carbocycles. The Hall–Kier alpha value is -2.37. The molecule has 26 heavy (non-hydrogen) atoms. The first-order chi connectivity index (χ1) is 12.2. The summed E-state index contributed by atoms with van der Waals surface area (Å²) < 4.78 is 0. The van der Waals surface area contributed by atoms with Crippen LogP contribution in [0.5, 0.6) is 0 Å². The predicted octanol–water partition coefficient (Wildman–Crippen LogP) is 3.88. The molecular formula is C20H27N3O3. The molecule has 2 heterocycles. The minimum absolute atomic E-state index is 0.138. The van der Waals surface area contributed by atoms with Crippen LogP contribution in [0, 0.1) is 0 Å². The van der Waals surface area contributed by atoms with Gasteiger partial charge in [0.25, 0.3) is 11.8 Å². The highest BCUT2D eigenvalue weighted by Gasteiger charge is 2.42. The first-order valence-electron chi connectivity index (χ1n) is 9.34. The van der Waals surface area contributed by atoms with Gasteiger partial charge in [-0.3, -0.25) is 14.5 Å². The zero-order valence-electron chi connectivity index (χ0n) is 16.0. The molecule has 2 aliphatic heterocycles. The molecule has 0 saturated carbocycles. The molecule has 140 valence electrons. The number of urea groups is 1. The number of carbonyl (C=O) groups is 3. The number of likely N-dealkylation sites (tertiary alicyclic amines) is 1. The van der Waals surface area contributed by atoms with Crippen molar-refractivity contribution in [1.29, 1.82) is 0 Å². The number of hydrogen-bond donors (Lipinski definition) is 1. The Balaban J connectivity index is 1.81. The molecule has 1 aromatic rings. The fourth-order valence-electron chi connectivity index (χ4n) is 3.82. The van der Waals surface area contributed by atoms with E-state index in [-0.39, 0.29) is 23.9 Å². The summed E-state index contributed by atoms with van der Waals surface area (Å²) in [6.45, 7) is 8.34. The lowest BCUT2D eigenvalue weighted by molar-refractivity contribution is 0.0507. The van der Waals surface area contributed by atoms with Crippen LogP contribution in [0.3, 0.4) is 0 Å². The molecule has 6 nitrogen and oxygen atoms in total. The number of anilines is 1. The lowest BCUT2D eigenvalue weighted by Crippen LogP contribution is -2.45. The van der Waals surface area contributed by atoms with Crippen LogP contribution in [0.25, 0.3) is 0 Å². The van der Waals surface area contributed by atoms with Crippen molar-refractivity contribution < 1.29 is 14.4 Å². The highest BCUT2D eigenvalue weighted by Crippen LogP contribution is 2.31. The molecule has 1 atom stereocenters. The molecule has 0 spiro atoms. The second kappa shape index (κ2) is 6.74. The van der Waals surface area contributed by atoms with Gasteiger partial charge in [-0.15, -0.1) is 0 Å². The van der Waals surface area contributed by atoms with Crippen molar-refractivity contribution in [3.8, 4) is 0 Å². The van der Waals surface area contributed by atoms with Crippen molar-refractivity contribution in [1.82, 2.24) is 9.80 Å². The summed E-state index contributed by atoms with van der Waals surface area (Å²) in [4.78, 5) is 41.0. The summed E-state index contributed by atoms with van der Waals surface area (Å²) in [5.41, 5.74) is 0.713. The average Bonchev–Trinajstić information content (AvgIpc) is 2.85. The van der Waals surface area contributed by atoms with Crippen molar-refractivity contribution in [2.24, 2.45) is 0 Å². The molecule has 0 bridgehead atoms. The zero-order valence-corrected chi connectivity index (χ0v) is 16.0. The number of nitrogens with zero attached hydrogens (tertiary/aromatic N) is 2. The van der Waals surface area contributed by atoms with Gasteiger partial charge in [-0.2, -0.15) is 0 Å². The number of amides is 4. The molecule has 3 rings (SSSR count). The van der Waals surface area contributed by atoms with E-state index in [1.165, 1.54) is 4.90 Å². The Morgan fingerprint density at radius 1 is 1.15 bits per heavy atom. The van der Waals surface area contributed by atoms with E-state index in [4.69, 9.17) is 0 Å². The highest BCUT2D eigenvalue weighted by atomic mass is 16.2. The van der Waals surface area contributed by atoms with Gasteiger partial charge >= 0.3 is 6.03 Å².